The van der Waals surface area contributed by atoms with Gasteiger partial charge in [-0.1, -0.05) is 12.8 Å². The molecule has 2 N–H and O–H groups in total. The summed E-state index contributed by atoms with van der Waals surface area (Å²) in [6, 6.07) is 6.23. The molecule has 3 unspecified atom stereocenters. The Morgan fingerprint density at radius 3 is 2.83 bits per heavy atom. The molecule has 2 aliphatic rings. The Morgan fingerprint density at radius 2 is 2.04 bits per heavy atom. The van der Waals surface area contributed by atoms with Crippen LogP contribution in [0.4, 0.5) is 4.39 Å². The molecule has 5 nitrogen and oxygen atoms in total. The van der Waals surface area contributed by atoms with Crippen molar-refractivity contribution in [3.8, 4) is 5.75 Å². The minimum atomic E-state index is -0.687. The summed E-state index contributed by atoms with van der Waals surface area (Å²) in [4.78, 5) is 13.9. The number of β-amino-alcohol motifs (C(OH)–C–C–N with tert-alkyl or cyclic N) is 1. The average molecular weight is 322 g/mol. The number of fused-ring (bicyclic) bond motifs is 1. The number of aliphatic hydroxyl groups excluding tert-OH is 1. The summed E-state index contributed by atoms with van der Waals surface area (Å²) in [6.07, 6.45) is 3.68. The molecule has 1 heterocycles. The third-order valence-electron chi connectivity index (χ3n) is 4.59. The Bertz CT molecular complexity index is 537. The zero-order chi connectivity index (χ0) is 16.2. The lowest BCUT2D eigenvalue weighted by molar-refractivity contribution is -0.129. The molecule has 126 valence electrons. The molecule has 2 fully saturated rings. The minimum Gasteiger partial charge on any atom is -0.491 e. The van der Waals surface area contributed by atoms with Crippen LogP contribution in [0.3, 0.4) is 0 Å². The van der Waals surface area contributed by atoms with Gasteiger partial charge in [0.1, 0.15) is 24.3 Å². The van der Waals surface area contributed by atoms with Gasteiger partial charge >= 0.3 is 0 Å². The first-order valence-corrected chi connectivity index (χ1v) is 8.21. The van der Waals surface area contributed by atoms with Crippen molar-refractivity contribution < 1.29 is 19.0 Å². The maximum absolute atomic E-state index is 12.8. The largest absolute Gasteiger partial charge is 0.491 e. The van der Waals surface area contributed by atoms with Crippen molar-refractivity contribution in [1.82, 2.24) is 10.2 Å². The molecule has 0 aromatic heterocycles. The molecule has 1 aromatic carbocycles. The smallest absolute Gasteiger partial charge is 0.234 e. The number of rotatable bonds is 5. The van der Waals surface area contributed by atoms with Crippen LogP contribution in [-0.4, -0.2) is 53.8 Å². The average Bonchev–Trinajstić information content (AvgIpc) is 2.54. The molecule has 0 spiro atoms. The number of carbonyl (C=O) groups is 1. The summed E-state index contributed by atoms with van der Waals surface area (Å²) >= 11 is 0. The van der Waals surface area contributed by atoms with E-state index in [9.17, 15) is 14.3 Å². The molecule has 1 amide bonds. The van der Waals surface area contributed by atoms with Crippen LogP contribution in [0.1, 0.15) is 25.7 Å². The van der Waals surface area contributed by atoms with Crippen LogP contribution in [0.25, 0.3) is 0 Å². The molecule has 1 saturated carbocycles. The number of halogens is 1. The summed E-state index contributed by atoms with van der Waals surface area (Å²) in [5.74, 6) is 0.234. The highest BCUT2D eigenvalue weighted by atomic mass is 19.1. The van der Waals surface area contributed by atoms with Crippen LogP contribution < -0.4 is 10.1 Å². The maximum atomic E-state index is 12.8. The minimum absolute atomic E-state index is 0.0276. The fourth-order valence-electron chi connectivity index (χ4n) is 3.52. The van der Waals surface area contributed by atoms with Crippen molar-refractivity contribution in [3.05, 3.63) is 30.1 Å². The van der Waals surface area contributed by atoms with Gasteiger partial charge in [-0.25, -0.2) is 4.39 Å². The number of nitrogens with zero attached hydrogens (tertiary/aromatic N) is 1. The van der Waals surface area contributed by atoms with E-state index in [0.717, 1.165) is 25.7 Å². The quantitative estimate of drug-likeness (QED) is 0.858. The fourth-order valence-corrected chi connectivity index (χ4v) is 3.52. The predicted octanol–water partition coefficient (Wildman–Crippen LogP) is 1.31. The summed E-state index contributed by atoms with van der Waals surface area (Å²) in [6.45, 7) is 0.867. The van der Waals surface area contributed by atoms with Crippen LogP contribution in [0.15, 0.2) is 24.3 Å². The van der Waals surface area contributed by atoms with E-state index < -0.39 is 6.10 Å². The normalized spacial score (nSPS) is 26.3. The first-order valence-electron chi connectivity index (χ1n) is 8.21. The number of hydrogen-bond donors (Lipinski definition) is 2. The lowest BCUT2D eigenvalue weighted by atomic mass is 9.87. The molecule has 23 heavy (non-hydrogen) atoms. The number of ether oxygens (including phenoxy) is 1. The highest BCUT2D eigenvalue weighted by Crippen LogP contribution is 2.26. The molecule has 6 heteroatoms. The zero-order valence-electron chi connectivity index (χ0n) is 13.1. The van der Waals surface area contributed by atoms with Gasteiger partial charge in [-0.3, -0.25) is 9.69 Å². The van der Waals surface area contributed by atoms with Crippen molar-refractivity contribution in [2.45, 2.75) is 43.9 Å². The maximum Gasteiger partial charge on any atom is 0.234 e. The van der Waals surface area contributed by atoms with E-state index in [4.69, 9.17) is 4.74 Å². The summed E-state index contributed by atoms with van der Waals surface area (Å²) in [5.41, 5.74) is 0. The fraction of sp³-hybridized carbons (Fsp3) is 0.588. The van der Waals surface area contributed by atoms with Gasteiger partial charge in [0.25, 0.3) is 0 Å². The van der Waals surface area contributed by atoms with E-state index in [2.05, 4.69) is 10.2 Å². The van der Waals surface area contributed by atoms with Crippen molar-refractivity contribution in [2.75, 3.05) is 19.7 Å². The molecule has 3 rings (SSSR count). The molecule has 1 aliphatic heterocycles. The van der Waals surface area contributed by atoms with Crippen LogP contribution in [-0.2, 0) is 4.79 Å². The van der Waals surface area contributed by atoms with Gasteiger partial charge in [0.15, 0.2) is 0 Å². The third kappa shape index (κ3) is 4.20. The number of piperazine rings is 1. The second kappa shape index (κ2) is 7.27. The van der Waals surface area contributed by atoms with E-state index in [1.807, 2.05) is 0 Å². The van der Waals surface area contributed by atoms with Gasteiger partial charge in [-0.05, 0) is 37.1 Å². The molecular formula is C17H23FN2O3. The lowest BCUT2D eigenvalue weighted by Crippen LogP contribution is -2.62. The van der Waals surface area contributed by atoms with E-state index in [1.54, 1.807) is 0 Å². The number of aliphatic hydroxyl groups is 1. The Balaban J connectivity index is 1.52. The lowest BCUT2D eigenvalue weighted by Gasteiger charge is -2.44. The first-order chi connectivity index (χ1) is 11.1. The van der Waals surface area contributed by atoms with E-state index >= 15 is 0 Å². The topological polar surface area (TPSA) is 61.8 Å². The Labute approximate surface area is 135 Å². The van der Waals surface area contributed by atoms with Gasteiger partial charge in [-0.15, -0.1) is 0 Å². The predicted molar refractivity (Wildman–Crippen MR) is 83.7 cm³/mol. The highest BCUT2D eigenvalue weighted by molar-refractivity contribution is 5.79. The summed E-state index contributed by atoms with van der Waals surface area (Å²) < 4.78 is 18.3. The zero-order valence-corrected chi connectivity index (χ0v) is 13.1. The highest BCUT2D eigenvalue weighted by Gasteiger charge is 2.36. The molecule has 0 bridgehead atoms. The standard InChI is InChI=1S/C17H23FN2O3/c18-12-5-7-14(8-6-12)23-11-13(21)9-20-10-17(22)19-15-3-1-2-4-16(15)20/h5-8,13,15-16,21H,1-4,9-11H2,(H,19,22). The number of nitrogens with one attached hydrogen (secondary N) is 1. The number of hydrogen-bond acceptors (Lipinski definition) is 4. The van der Waals surface area contributed by atoms with E-state index in [-0.39, 0.29) is 24.4 Å². The monoisotopic (exact) mass is 322 g/mol. The Hall–Kier alpha value is -1.66. The third-order valence-corrected chi connectivity index (χ3v) is 4.59. The Morgan fingerprint density at radius 1 is 1.30 bits per heavy atom. The van der Waals surface area contributed by atoms with Crippen LogP contribution >= 0.6 is 0 Å². The van der Waals surface area contributed by atoms with Crippen LogP contribution in [0.2, 0.25) is 0 Å². The van der Waals surface area contributed by atoms with Crippen molar-refractivity contribution >= 4 is 5.91 Å². The van der Waals surface area contributed by atoms with Gasteiger partial charge in [-0.2, -0.15) is 0 Å². The second-order valence-electron chi connectivity index (χ2n) is 6.37. The van der Waals surface area contributed by atoms with Crippen molar-refractivity contribution in [3.63, 3.8) is 0 Å². The molecule has 0 radical (unpaired) electrons. The van der Waals surface area contributed by atoms with Crippen LogP contribution in [0, 0.1) is 5.82 Å². The SMILES string of the molecule is O=C1CN(CC(O)COc2ccc(F)cc2)C2CCCCC2N1. The van der Waals surface area contributed by atoms with Gasteiger partial charge in [0, 0.05) is 18.6 Å². The van der Waals surface area contributed by atoms with Crippen molar-refractivity contribution in [2.24, 2.45) is 0 Å². The molecular weight excluding hydrogens is 299 g/mol. The summed E-state index contributed by atoms with van der Waals surface area (Å²) in [7, 11) is 0. The molecule has 1 saturated heterocycles. The van der Waals surface area contributed by atoms with Gasteiger partial charge in [0.05, 0.1) is 6.54 Å². The van der Waals surface area contributed by atoms with E-state index in [1.165, 1.54) is 24.3 Å². The van der Waals surface area contributed by atoms with E-state index in [0.29, 0.717) is 24.9 Å². The van der Waals surface area contributed by atoms with Gasteiger partial charge in [0.2, 0.25) is 5.91 Å². The molecule has 1 aromatic rings. The second-order valence-corrected chi connectivity index (χ2v) is 6.37. The van der Waals surface area contributed by atoms with Crippen molar-refractivity contribution in [1.29, 1.82) is 0 Å². The number of benzene rings is 1. The van der Waals surface area contributed by atoms with Crippen LogP contribution in [0.5, 0.6) is 5.75 Å². The molecule has 1 aliphatic carbocycles. The number of amides is 1. The summed E-state index contributed by atoms with van der Waals surface area (Å²) in [5, 5.41) is 13.3. The first kappa shape index (κ1) is 16.2. The molecule has 3 atom stereocenters. The number of carbonyl (C=O) groups excluding carboxylic acids is 1. The Kier molecular flexibility index (Phi) is 5.13. The van der Waals surface area contributed by atoms with Gasteiger partial charge < -0.3 is 15.2 Å².